The maximum absolute atomic E-state index is 12.6. The number of aliphatic hydroxyl groups excluding tert-OH is 1. The van der Waals surface area contributed by atoms with Crippen molar-refractivity contribution in [1.29, 1.82) is 0 Å². The Bertz CT molecular complexity index is 1630. The summed E-state index contributed by atoms with van der Waals surface area (Å²) in [5, 5.41) is 11.8. The topological polar surface area (TPSA) is 107 Å². The molecule has 0 saturated heterocycles. The number of hydrogen-bond donors (Lipinski definition) is 2. The molecule has 1 amide bonds. The molecule has 2 N–H and O–H groups in total. The van der Waals surface area contributed by atoms with E-state index in [1.165, 1.54) is 23.3 Å². The van der Waals surface area contributed by atoms with Crippen molar-refractivity contribution < 1.29 is 27.8 Å². The van der Waals surface area contributed by atoms with Crippen molar-refractivity contribution in [1.82, 2.24) is 9.29 Å². The van der Waals surface area contributed by atoms with Crippen LogP contribution in [0.5, 0.6) is 11.5 Å². The molecule has 1 heterocycles. The number of rotatable bonds is 12. The molecule has 5 rings (SSSR count). The summed E-state index contributed by atoms with van der Waals surface area (Å²) in [5.41, 5.74) is 4.99. The minimum absolute atomic E-state index is 0.0381. The highest BCUT2D eigenvalue weighted by atomic mass is 32.2. The summed E-state index contributed by atoms with van der Waals surface area (Å²) >= 11 is 0. The van der Waals surface area contributed by atoms with E-state index in [1.807, 2.05) is 42.1 Å². The van der Waals surface area contributed by atoms with E-state index in [9.17, 15) is 18.3 Å². The van der Waals surface area contributed by atoms with Gasteiger partial charge in [0.2, 0.25) is 5.91 Å². The molecule has 0 radical (unpaired) electrons. The Morgan fingerprint density at radius 1 is 0.977 bits per heavy atom. The zero-order chi connectivity index (χ0) is 30.6. The molecule has 4 aromatic rings. The number of benzene rings is 3. The number of nitrogens with one attached hydrogen (secondary N) is 1. The quantitative estimate of drug-likeness (QED) is 0.236. The van der Waals surface area contributed by atoms with Gasteiger partial charge in [-0.2, -0.15) is 0 Å². The summed E-state index contributed by atoms with van der Waals surface area (Å²) in [6.07, 6.45) is 5.55. The Morgan fingerprint density at radius 3 is 2.19 bits per heavy atom. The molecule has 43 heavy (non-hydrogen) atoms. The fourth-order valence-corrected chi connectivity index (χ4v) is 7.11. The van der Waals surface area contributed by atoms with Crippen LogP contribution >= 0.6 is 0 Å². The molecular weight excluding hydrogens is 564 g/mol. The van der Waals surface area contributed by atoms with Crippen LogP contribution in [0.4, 0.5) is 0 Å². The summed E-state index contributed by atoms with van der Waals surface area (Å²) in [7, 11) is -0.735. The van der Waals surface area contributed by atoms with Crippen LogP contribution < -0.4 is 14.2 Å². The van der Waals surface area contributed by atoms with Gasteiger partial charge in [-0.3, -0.25) is 4.79 Å². The van der Waals surface area contributed by atoms with Gasteiger partial charge in [0.05, 0.1) is 31.6 Å². The molecule has 2 atom stereocenters. The number of nitrogens with zero attached hydrogens (tertiary/aromatic N) is 1. The number of hydrogen-bond acceptors (Lipinski definition) is 6. The SMILES string of the molecule is COc1cc([C@@H](O)[C@@H](CC2Cc3ccccc3C2)Cn2ccc(CC(=O)NS(=O)(=O)c3ccccc3)c2)cc(OC)c1C. The smallest absolute Gasteiger partial charge is 0.264 e. The van der Waals surface area contributed by atoms with Gasteiger partial charge in [0.25, 0.3) is 10.0 Å². The lowest BCUT2D eigenvalue weighted by Crippen LogP contribution is -2.31. The number of carbonyl (C=O) groups excluding carboxylic acids is 1. The van der Waals surface area contributed by atoms with Crippen LogP contribution in [-0.2, 0) is 40.6 Å². The molecule has 226 valence electrons. The Kier molecular flexibility index (Phi) is 9.22. The third-order valence-electron chi connectivity index (χ3n) is 8.26. The largest absolute Gasteiger partial charge is 0.496 e. The van der Waals surface area contributed by atoms with Gasteiger partial charge in [-0.1, -0.05) is 42.5 Å². The minimum Gasteiger partial charge on any atom is -0.496 e. The fourth-order valence-electron chi connectivity index (χ4n) is 6.11. The average molecular weight is 603 g/mol. The van der Waals surface area contributed by atoms with Crippen LogP contribution in [-0.4, -0.2) is 38.2 Å². The molecule has 0 bridgehead atoms. The van der Waals surface area contributed by atoms with E-state index in [2.05, 4.69) is 29.0 Å². The fraction of sp³-hybridized carbons (Fsp3) is 0.324. The third kappa shape index (κ3) is 7.12. The first-order chi connectivity index (χ1) is 20.7. The van der Waals surface area contributed by atoms with Crippen molar-refractivity contribution in [3.63, 3.8) is 0 Å². The second-order valence-corrected chi connectivity index (χ2v) is 13.0. The molecule has 0 saturated carbocycles. The summed E-state index contributed by atoms with van der Waals surface area (Å²) in [5.74, 6) is 0.931. The monoisotopic (exact) mass is 602 g/mol. The first kappa shape index (κ1) is 30.4. The maximum Gasteiger partial charge on any atom is 0.264 e. The van der Waals surface area contributed by atoms with Crippen molar-refractivity contribution >= 4 is 15.9 Å². The highest BCUT2D eigenvalue weighted by Gasteiger charge is 2.30. The van der Waals surface area contributed by atoms with E-state index in [4.69, 9.17) is 9.47 Å². The van der Waals surface area contributed by atoms with E-state index >= 15 is 0 Å². The molecule has 8 nitrogen and oxygen atoms in total. The lowest BCUT2D eigenvalue weighted by Gasteiger charge is -2.27. The van der Waals surface area contributed by atoms with Gasteiger partial charge < -0.3 is 19.1 Å². The average Bonchev–Trinajstić information content (AvgIpc) is 3.62. The molecule has 1 aliphatic rings. The zero-order valence-electron chi connectivity index (χ0n) is 24.7. The van der Waals surface area contributed by atoms with Gasteiger partial charge in [0, 0.05) is 30.4 Å². The van der Waals surface area contributed by atoms with Gasteiger partial charge in [-0.05, 0) is 84.7 Å². The van der Waals surface area contributed by atoms with Gasteiger partial charge in [0.1, 0.15) is 11.5 Å². The number of carbonyl (C=O) groups is 1. The van der Waals surface area contributed by atoms with E-state index in [0.717, 1.165) is 30.4 Å². The van der Waals surface area contributed by atoms with Crippen LogP contribution in [0.2, 0.25) is 0 Å². The molecule has 3 aromatic carbocycles. The van der Waals surface area contributed by atoms with Crippen LogP contribution in [0.25, 0.3) is 0 Å². The molecular formula is C34H38N2O6S. The second kappa shape index (κ2) is 13.1. The Hall–Kier alpha value is -4.08. The Labute approximate surface area is 253 Å². The molecule has 1 aromatic heterocycles. The normalized spacial score (nSPS) is 14.6. The van der Waals surface area contributed by atoms with Crippen molar-refractivity contribution in [2.75, 3.05) is 14.2 Å². The summed E-state index contributed by atoms with van der Waals surface area (Å²) < 4.78 is 40.4. The van der Waals surface area contributed by atoms with E-state index in [-0.39, 0.29) is 17.2 Å². The minimum atomic E-state index is -3.94. The van der Waals surface area contributed by atoms with Gasteiger partial charge in [0.15, 0.2) is 0 Å². The van der Waals surface area contributed by atoms with Crippen molar-refractivity contribution in [3.05, 3.63) is 113 Å². The predicted molar refractivity (Wildman–Crippen MR) is 165 cm³/mol. The second-order valence-electron chi connectivity index (χ2n) is 11.3. The van der Waals surface area contributed by atoms with Crippen LogP contribution in [0.1, 0.15) is 40.3 Å². The summed E-state index contributed by atoms with van der Waals surface area (Å²) in [6.45, 7) is 2.43. The number of sulfonamides is 1. The van der Waals surface area contributed by atoms with E-state index < -0.39 is 22.0 Å². The lowest BCUT2D eigenvalue weighted by atomic mass is 9.85. The first-order valence-corrected chi connectivity index (χ1v) is 15.9. The molecule has 1 aliphatic carbocycles. The highest BCUT2D eigenvalue weighted by molar-refractivity contribution is 7.90. The Balaban J connectivity index is 1.33. The Morgan fingerprint density at radius 2 is 1.58 bits per heavy atom. The number of ether oxygens (including phenoxy) is 2. The van der Waals surface area contributed by atoms with Crippen molar-refractivity contribution in [3.8, 4) is 11.5 Å². The molecule has 0 spiro atoms. The lowest BCUT2D eigenvalue weighted by molar-refractivity contribution is -0.118. The summed E-state index contributed by atoms with van der Waals surface area (Å²) in [4.78, 5) is 12.7. The standard InChI is InChI=1S/C34H38N2O6S/c1-23-31(41-2)19-28(20-32(23)42-3)34(38)29(17-25-15-26-9-7-8-10-27(26)16-25)22-36-14-13-24(21-36)18-33(37)35-43(39,40)30-11-5-4-6-12-30/h4-14,19-21,25,29,34,38H,15-18,22H2,1-3H3,(H,35,37)/t29-,34+/m0/s1. The maximum atomic E-state index is 12.6. The van der Waals surface area contributed by atoms with E-state index in [0.29, 0.717) is 29.5 Å². The molecule has 9 heteroatoms. The van der Waals surface area contributed by atoms with Crippen molar-refractivity contribution in [2.24, 2.45) is 11.8 Å². The van der Waals surface area contributed by atoms with Crippen LogP contribution in [0.3, 0.4) is 0 Å². The predicted octanol–water partition coefficient (Wildman–Crippen LogP) is 5.02. The van der Waals surface area contributed by atoms with Crippen LogP contribution in [0, 0.1) is 18.8 Å². The molecule has 0 fully saturated rings. The van der Waals surface area contributed by atoms with Gasteiger partial charge >= 0.3 is 0 Å². The number of amides is 1. The summed E-state index contributed by atoms with van der Waals surface area (Å²) in [6, 6.07) is 21.9. The first-order valence-electron chi connectivity index (χ1n) is 14.4. The van der Waals surface area contributed by atoms with E-state index in [1.54, 1.807) is 32.4 Å². The van der Waals surface area contributed by atoms with Gasteiger partial charge in [-0.15, -0.1) is 0 Å². The number of aliphatic hydroxyl groups is 1. The number of fused-ring (bicyclic) bond motifs is 1. The zero-order valence-corrected chi connectivity index (χ0v) is 25.5. The number of methoxy groups -OCH3 is 2. The van der Waals surface area contributed by atoms with Crippen LogP contribution in [0.15, 0.2) is 90.1 Å². The number of aromatic nitrogens is 1. The molecule has 0 unspecified atom stereocenters. The van der Waals surface area contributed by atoms with Crippen molar-refractivity contribution in [2.45, 2.75) is 50.2 Å². The third-order valence-corrected chi connectivity index (χ3v) is 9.65. The van der Waals surface area contributed by atoms with Gasteiger partial charge in [-0.25, -0.2) is 13.1 Å². The molecule has 0 aliphatic heterocycles. The highest BCUT2D eigenvalue weighted by Crippen LogP contribution is 2.39.